The first-order valence-corrected chi connectivity index (χ1v) is 9.19. The fourth-order valence-electron chi connectivity index (χ4n) is 3.06. The van der Waals surface area contributed by atoms with Crippen molar-refractivity contribution < 1.29 is 22.7 Å². The molecule has 3 aromatic rings. The smallest absolute Gasteiger partial charge is 0.416 e. The van der Waals surface area contributed by atoms with E-state index in [1.165, 1.54) is 23.4 Å². The molecule has 0 spiro atoms. The third kappa shape index (κ3) is 4.16. The number of hydrogen-bond donors (Lipinski definition) is 1. The first-order chi connectivity index (χ1) is 14.3. The van der Waals surface area contributed by atoms with Gasteiger partial charge in [0, 0.05) is 11.6 Å². The van der Waals surface area contributed by atoms with Gasteiger partial charge in [0.05, 0.1) is 24.0 Å². The van der Waals surface area contributed by atoms with Crippen molar-refractivity contribution in [2.24, 2.45) is 0 Å². The molecular weight excluding hydrogens is 421 g/mol. The van der Waals surface area contributed by atoms with Crippen LogP contribution in [-0.4, -0.2) is 22.5 Å². The third-order valence-electron chi connectivity index (χ3n) is 4.47. The number of carbonyl (C=O) groups is 1. The molecule has 2 heterocycles. The number of halogens is 4. The minimum Gasteiger partial charge on any atom is -0.438 e. The van der Waals surface area contributed by atoms with E-state index < -0.39 is 23.8 Å². The van der Waals surface area contributed by atoms with Gasteiger partial charge in [-0.25, -0.2) is 14.8 Å². The lowest BCUT2D eigenvalue weighted by Crippen LogP contribution is -2.30. The van der Waals surface area contributed by atoms with E-state index in [1.807, 2.05) is 0 Å². The average Bonchev–Trinajstić information content (AvgIpc) is 3.11. The molecule has 10 heteroatoms. The third-order valence-corrected chi connectivity index (χ3v) is 4.73. The summed E-state index contributed by atoms with van der Waals surface area (Å²) in [5, 5.41) is 3.19. The summed E-state index contributed by atoms with van der Waals surface area (Å²) in [6, 6.07) is 10.4. The molecule has 1 unspecified atom stereocenters. The Labute approximate surface area is 174 Å². The number of rotatable bonds is 4. The first-order valence-electron chi connectivity index (χ1n) is 8.81. The molecule has 1 aliphatic rings. The Kier molecular flexibility index (Phi) is 5.21. The van der Waals surface area contributed by atoms with Gasteiger partial charge >= 0.3 is 12.2 Å². The molecule has 0 radical (unpaired) electrons. The van der Waals surface area contributed by atoms with Crippen LogP contribution in [0.4, 0.5) is 23.8 Å². The highest BCUT2D eigenvalue weighted by Gasteiger charge is 2.36. The summed E-state index contributed by atoms with van der Waals surface area (Å²) >= 11 is 5.83. The van der Waals surface area contributed by atoms with Crippen LogP contribution in [0.5, 0.6) is 11.6 Å². The maximum atomic E-state index is 13.1. The van der Waals surface area contributed by atoms with E-state index in [0.29, 0.717) is 16.3 Å². The quantitative estimate of drug-likeness (QED) is 0.612. The van der Waals surface area contributed by atoms with Gasteiger partial charge in [0.15, 0.2) is 5.82 Å². The zero-order valence-corrected chi connectivity index (χ0v) is 16.0. The van der Waals surface area contributed by atoms with Crippen LogP contribution in [-0.2, 0) is 6.18 Å². The van der Waals surface area contributed by atoms with Crippen molar-refractivity contribution in [3.8, 4) is 11.6 Å². The summed E-state index contributed by atoms with van der Waals surface area (Å²) in [5.74, 6) is 0.884. The molecule has 2 aromatic carbocycles. The zero-order chi connectivity index (χ0) is 21.3. The summed E-state index contributed by atoms with van der Waals surface area (Å²) in [7, 11) is 0. The van der Waals surface area contributed by atoms with Crippen molar-refractivity contribution in [3.05, 3.63) is 77.1 Å². The van der Waals surface area contributed by atoms with Crippen molar-refractivity contribution in [1.82, 2.24) is 15.3 Å². The molecule has 1 fully saturated rings. The van der Waals surface area contributed by atoms with Gasteiger partial charge in [-0.2, -0.15) is 13.2 Å². The van der Waals surface area contributed by atoms with Crippen molar-refractivity contribution in [2.45, 2.75) is 12.2 Å². The lowest BCUT2D eigenvalue weighted by molar-refractivity contribution is -0.137. The van der Waals surface area contributed by atoms with E-state index in [2.05, 4.69) is 15.3 Å². The van der Waals surface area contributed by atoms with Crippen LogP contribution in [0.25, 0.3) is 0 Å². The van der Waals surface area contributed by atoms with Crippen molar-refractivity contribution in [3.63, 3.8) is 0 Å². The number of benzene rings is 2. The molecular formula is C20H14ClF3N4O2. The summed E-state index contributed by atoms with van der Waals surface area (Å²) < 4.78 is 44.7. The van der Waals surface area contributed by atoms with E-state index in [4.69, 9.17) is 16.3 Å². The number of anilines is 1. The highest BCUT2D eigenvalue weighted by molar-refractivity contribution is 6.30. The second kappa shape index (κ2) is 7.83. The van der Waals surface area contributed by atoms with Gasteiger partial charge in [-0.3, -0.25) is 4.90 Å². The summed E-state index contributed by atoms with van der Waals surface area (Å²) in [6.45, 7) is 0.144. The fraction of sp³-hybridized carbons (Fsp3) is 0.150. The van der Waals surface area contributed by atoms with E-state index in [9.17, 15) is 18.0 Å². The minimum atomic E-state index is -4.47. The average molecular weight is 435 g/mol. The molecule has 0 bridgehead atoms. The highest BCUT2D eigenvalue weighted by atomic mass is 35.5. The molecule has 4 rings (SSSR count). The van der Waals surface area contributed by atoms with E-state index in [0.717, 1.165) is 12.1 Å². The SMILES string of the molecule is O=C1NCC(c2cccc(C(F)(F)F)c2)N1c1cnc(Oc2ccc(Cl)cc2)cn1. The molecule has 0 saturated carbocycles. The van der Waals surface area contributed by atoms with Crippen molar-refractivity contribution in [1.29, 1.82) is 0 Å². The number of nitrogens with zero attached hydrogens (tertiary/aromatic N) is 3. The summed E-state index contributed by atoms with van der Waals surface area (Å²) in [5.41, 5.74) is -0.441. The Morgan fingerprint density at radius 1 is 1.10 bits per heavy atom. The second-order valence-corrected chi connectivity index (χ2v) is 6.90. The van der Waals surface area contributed by atoms with Crippen LogP contribution in [0.2, 0.25) is 5.02 Å². The number of carbonyl (C=O) groups excluding carboxylic acids is 1. The standard InChI is InChI=1S/C20H14ClF3N4O2/c21-14-4-6-15(7-5-14)30-18-11-25-17(10-26-18)28-16(9-27-19(28)29)12-2-1-3-13(8-12)20(22,23)24/h1-8,10-11,16H,9H2,(H,27,29). The molecule has 1 aromatic heterocycles. The fourth-order valence-corrected chi connectivity index (χ4v) is 3.19. The van der Waals surface area contributed by atoms with Gasteiger partial charge in [0.2, 0.25) is 5.88 Å². The van der Waals surface area contributed by atoms with Gasteiger partial charge in [-0.1, -0.05) is 23.7 Å². The van der Waals surface area contributed by atoms with Crippen molar-refractivity contribution >= 4 is 23.4 Å². The Hall–Kier alpha value is -3.33. The number of ether oxygens (including phenoxy) is 1. The van der Waals surface area contributed by atoms with Gasteiger partial charge < -0.3 is 10.1 Å². The molecule has 1 atom stereocenters. The van der Waals surface area contributed by atoms with Crippen molar-refractivity contribution in [2.75, 3.05) is 11.4 Å². The Morgan fingerprint density at radius 2 is 1.87 bits per heavy atom. The Bertz CT molecular complexity index is 1060. The Balaban J connectivity index is 1.57. The predicted octanol–water partition coefficient (Wildman–Crippen LogP) is 5.21. The van der Waals surface area contributed by atoms with Crippen LogP contribution >= 0.6 is 11.6 Å². The lowest BCUT2D eigenvalue weighted by Gasteiger charge is -2.23. The van der Waals surface area contributed by atoms with E-state index >= 15 is 0 Å². The van der Waals surface area contributed by atoms with Gasteiger partial charge in [0.1, 0.15) is 5.75 Å². The highest BCUT2D eigenvalue weighted by Crippen LogP contribution is 2.34. The first kappa shape index (κ1) is 20.0. The topological polar surface area (TPSA) is 67.4 Å². The van der Waals surface area contributed by atoms with E-state index in [1.54, 1.807) is 30.3 Å². The number of nitrogens with one attached hydrogen (secondary N) is 1. The predicted molar refractivity (Wildman–Crippen MR) is 104 cm³/mol. The van der Waals surface area contributed by atoms with E-state index in [-0.39, 0.29) is 18.2 Å². The van der Waals surface area contributed by atoms with Crippen LogP contribution in [0.3, 0.4) is 0 Å². The number of alkyl halides is 3. The number of aromatic nitrogens is 2. The van der Waals surface area contributed by atoms with Gasteiger partial charge in [0.25, 0.3) is 0 Å². The monoisotopic (exact) mass is 434 g/mol. The maximum absolute atomic E-state index is 13.1. The second-order valence-electron chi connectivity index (χ2n) is 6.46. The van der Waals surface area contributed by atoms with Gasteiger partial charge in [-0.05, 0) is 42.0 Å². The normalized spacial score (nSPS) is 16.5. The molecule has 154 valence electrons. The molecule has 1 aliphatic heterocycles. The van der Waals surface area contributed by atoms with Crippen LogP contribution in [0.15, 0.2) is 60.9 Å². The molecule has 0 aliphatic carbocycles. The molecule has 1 saturated heterocycles. The van der Waals surface area contributed by atoms with Gasteiger partial charge in [-0.15, -0.1) is 0 Å². The maximum Gasteiger partial charge on any atom is 0.416 e. The van der Waals surface area contributed by atoms with Crippen LogP contribution in [0.1, 0.15) is 17.2 Å². The molecule has 2 amide bonds. The van der Waals surface area contributed by atoms with Crippen LogP contribution < -0.4 is 15.0 Å². The number of amides is 2. The largest absolute Gasteiger partial charge is 0.438 e. The van der Waals surface area contributed by atoms with Crippen LogP contribution in [0, 0.1) is 0 Å². The lowest BCUT2D eigenvalue weighted by atomic mass is 10.0. The Morgan fingerprint density at radius 3 is 2.53 bits per heavy atom. The summed E-state index contributed by atoms with van der Waals surface area (Å²) in [4.78, 5) is 21.9. The number of hydrogen-bond acceptors (Lipinski definition) is 4. The summed E-state index contributed by atoms with van der Waals surface area (Å²) in [6.07, 6.45) is -1.81. The number of urea groups is 1. The molecule has 6 nitrogen and oxygen atoms in total. The zero-order valence-electron chi connectivity index (χ0n) is 15.2. The minimum absolute atomic E-state index is 0.144. The molecule has 1 N–H and O–H groups in total. The molecule has 30 heavy (non-hydrogen) atoms.